The van der Waals surface area contributed by atoms with E-state index in [4.69, 9.17) is 20.9 Å². The molecule has 2 saturated carbocycles. The maximum atomic E-state index is 5.51. The quantitative estimate of drug-likeness (QED) is 0.791. The largest absolute Gasteiger partial charge is 0.380 e. The van der Waals surface area contributed by atoms with E-state index < -0.39 is 0 Å². The molecule has 16 heavy (non-hydrogen) atoms. The van der Waals surface area contributed by atoms with Gasteiger partial charge in [-0.25, -0.2) is 0 Å². The summed E-state index contributed by atoms with van der Waals surface area (Å²) in [6.45, 7) is 0. The first kappa shape index (κ1) is 18.8. The second kappa shape index (κ2) is 9.45. The maximum Gasteiger partial charge on any atom is 0.0722 e. The van der Waals surface area contributed by atoms with Gasteiger partial charge in [0, 0.05) is 26.3 Å². The van der Waals surface area contributed by atoms with E-state index in [9.17, 15) is 0 Å². The van der Waals surface area contributed by atoms with Gasteiger partial charge in [-0.05, 0) is 25.7 Å². The fraction of sp³-hybridized carbons (Fsp3) is 1.00. The summed E-state index contributed by atoms with van der Waals surface area (Å²) >= 11 is 0. The third-order valence-corrected chi connectivity index (χ3v) is 3.13. The summed E-state index contributed by atoms with van der Waals surface area (Å²) in [5.74, 6) is 0. The highest BCUT2D eigenvalue weighted by Gasteiger charge is 2.26. The predicted octanol–water partition coefficient (Wildman–Crippen LogP) is 1.09. The molecular formula is C10H24Cl2N2O2. The first-order valence-electron chi connectivity index (χ1n) is 5.25. The molecule has 4 nitrogen and oxygen atoms in total. The molecular weight excluding hydrogens is 251 g/mol. The van der Waals surface area contributed by atoms with Gasteiger partial charge in [-0.1, -0.05) is 0 Å². The van der Waals surface area contributed by atoms with Crippen LogP contribution in [0, 0.1) is 0 Å². The molecule has 0 spiro atoms. The molecule has 2 rings (SSSR count). The van der Waals surface area contributed by atoms with Crippen molar-refractivity contribution in [3.8, 4) is 0 Å². The summed E-state index contributed by atoms with van der Waals surface area (Å²) in [6.07, 6.45) is 5.30. The van der Waals surface area contributed by atoms with Gasteiger partial charge in [0.1, 0.15) is 0 Å². The molecule has 0 bridgehead atoms. The van der Waals surface area contributed by atoms with Crippen LogP contribution in [-0.2, 0) is 9.47 Å². The average molecular weight is 275 g/mol. The van der Waals surface area contributed by atoms with Crippen LogP contribution < -0.4 is 11.5 Å². The third kappa shape index (κ3) is 5.17. The molecule has 0 aromatic carbocycles. The van der Waals surface area contributed by atoms with Crippen LogP contribution in [0.1, 0.15) is 25.7 Å². The Kier molecular flexibility index (Phi) is 11.1. The lowest BCUT2D eigenvalue weighted by Crippen LogP contribution is -2.45. The molecule has 2 aliphatic carbocycles. The second-order valence-electron chi connectivity index (χ2n) is 4.03. The molecule has 4 atom stereocenters. The highest BCUT2D eigenvalue weighted by molar-refractivity contribution is 5.85. The first-order chi connectivity index (χ1) is 6.69. The molecule has 2 fully saturated rings. The van der Waals surface area contributed by atoms with E-state index in [0.717, 1.165) is 25.7 Å². The predicted molar refractivity (Wildman–Crippen MR) is 70.5 cm³/mol. The average Bonchev–Trinajstić information content (AvgIpc) is 2.16. The Balaban J connectivity index is 0. The van der Waals surface area contributed by atoms with Crippen LogP contribution in [0.4, 0.5) is 0 Å². The molecule has 0 aromatic rings. The SMILES string of the molecule is CO[C@@H]1CC[C@@H]1N.CO[C@H]1CC[C@H]1N.Cl.Cl. The van der Waals surface area contributed by atoms with Crippen molar-refractivity contribution in [3.05, 3.63) is 0 Å². The Morgan fingerprint density at radius 2 is 1.06 bits per heavy atom. The minimum atomic E-state index is 0. The molecule has 2 aliphatic rings. The van der Waals surface area contributed by atoms with Crippen LogP contribution in [0.5, 0.6) is 0 Å². The third-order valence-electron chi connectivity index (χ3n) is 3.13. The Morgan fingerprint density at radius 1 is 0.750 bits per heavy atom. The monoisotopic (exact) mass is 274 g/mol. The van der Waals surface area contributed by atoms with Gasteiger partial charge in [0.05, 0.1) is 12.2 Å². The topological polar surface area (TPSA) is 70.5 Å². The lowest BCUT2D eigenvalue weighted by Gasteiger charge is -2.31. The number of methoxy groups -OCH3 is 2. The van der Waals surface area contributed by atoms with Crippen molar-refractivity contribution in [1.82, 2.24) is 0 Å². The lowest BCUT2D eigenvalue weighted by atomic mass is 9.90. The van der Waals surface area contributed by atoms with E-state index in [1.54, 1.807) is 14.2 Å². The van der Waals surface area contributed by atoms with Gasteiger partial charge in [0.25, 0.3) is 0 Å². The van der Waals surface area contributed by atoms with E-state index >= 15 is 0 Å². The Hall–Kier alpha value is 0.420. The zero-order valence-corrected chi connectivity index (χ0v) is 11.6. The first-order valence-corrected chi connectivity index (χ1v) is 5.25. The van der Waals surface area contributed by atoms with E-state index in [1.165, 1.54) is 0 Å². The van der Waals surface area contributed by atoms with Crippen molar-refractivity contribution in [1.29, 1.82) is 0 Å². The Bertz CT molecular complexity index is 153. The van der Waals surface area contributed by atoms with Crippen LogP contribution >= 0.6 is 24.8 Å². The van der Waals surface area contributed by atoms with Crippen LogP contribution in [0.2, 0.25) is 0 Å². The van der Waals surface area contributed by atoms with Gasteiger partial charge in [0.15, 0.2) is 0 Å². The zero-order valence-electron chi connectivity index (χ0n) is 9.93. The van der Waals surface area contributed by atoms with Crippen molar-refractivity contribution in [2.45, 2.75) is 50.0 Å². The van der Waals surface area contributed by atoms with Gasteiger partial charge in [-0.3, -0.25) is 0 Å². The summed E-state index contributed by atoms with van der Waals surface area (Å²) in [4.78, 5) is 0. The van der Waals surface area contributed by atoms with Gasteiger partial charge in [-0.15, -0.1) is 24.8 Å². The Morgan fingerprint density at radius 3 is 1.06 bits per heavy atom. The molecule has 0 aromatic heterocycles. The molecule has 0 aliphatic heterocycles. The normalized spacial score (nSPS) is 35.2. The minimum Gasteiger partial charge on any atom is -0.380 e. The van der Waals surface area contributed by atoms with E-state index in [0.29, 0.717) is 24.3 Å². The number of hydrogen-bond acceptors (Lipinski definition) is 4. The lowest BCUT2D eigenvalue weighted by molar-refractivity contribution is 0.0212. The van der Waals surface area contributed by atoms with Crippen molar-refractivity contribution in [2.75, 3.05) is 14.2 Å². The zero-order chi connectivity index (χ0) is 10.6. The van der Waals surface area contributed by atoms with Crippen molar-refractivity contribution in [2.24, 2.45) is 11.5 Å². The number of nitrogens with two attached hydrogens (primary N) is 2. The summed E-state index contributed by atoms with van der Waals surface area (Å²) in [7, 11) is 3.42. The van der Waals surface area contributed by atoms with Crippen LogP contribution in [-0.4, -0.2) is 38.5 Å². The second-order valence-corrected chi connectivity index (χ2v) is 4.03. The van der Waals surface area contributed by atoms with E-state index in [-0.39, 0.29) is 24.8 Å². The summed E-state index contributed by atoms with van der Waals surface area (Å²) < 4.78 is 9.95. The Labute approximate surface area is 110 Å². The summed E-state index contributed by atoms with van der Waals surface area (Å²) in [5.41, 5.74) is 11.0. The van der Waals surface area contributed by atoms with E-state index in [1.807, 2.05) is 0 Å². The van der Waals surface area contributed by atoms with Gasteiger partial charge >= 0.3 is 0 Å². The van der Waals surface area contributed by atoms with Crippen LogP contribution in [0.15, 0.2) is 0 Å². The van der Waals surface area contributed by atoms with Crippen LogP contribution in [0.25, 0.3) is 0 Å². The van der Waals surface area contributed by atoms with Crippen LogP contribution in [0.3, 0.4) is 0 Å². The van der Waals surface area contributed by atoms with Gasteiger partial charge < -0.3 is 20.9 Å². The smallest absolute Gasteiger partial charge is 0.0722 e. The number of ether oxygens (including phenoxy) is 2. The maximum absolute atomic E-state index is 5.51. The van der Waals surface area contributed by atoms with E-state index in [2.05, 4.69) is 0 Å². The summed E-state index contributed by atoms with van der Waals surface area (Å²) in [6, 6.07) is 0.648. The fourth-order valence-electron chi connectivity index (χ4n) is 1.58. The molecule has 0 radical (unpaired) electrons. The number of rotatable bonds is 2. The minimum absolute atomic E-state index is 0. The van der Waals surface area contributed by atoms with Crippen molar-refractivity contribution < 1.29 is 9.47 Å². The molecule has 0 amide bonds. The number of halogens is 2. The number of hydrogen-bond donors (Lipinski definition) is 2. The molecule has 100 valence electrons. The molecule has 0 heterocycles. The van der Waals surface area contributed by atoms with Gasteiger partial charge in [0.2, 0.25) is 0 Å². The highest BCUT2D eigenvalue weighted by Crippen LogP contribution is 2.20. The molecule has 6 heteroatoms. The van der Waals surface area contributed by atoms with Gasteiger partial charge in [-0.2, -0.15) is 0 Å². The molecule has 0 saturated heterocycles. The van der Waals surface area contributed by atoms with Crippen molar-refractivity contribution >= 4 is 24.8 Å². The van der Waals surface area contributed by atoms with Crippen molar-refractivity contribution in [3.63, 3.8) is 0 Å². The highest BCUT2D eigenvalue weighted by atomic mass is 35.5. The molecule has 4 N–H and O–H groups in total. The summed E-state index contributed by atoms with van der Waals surface area (Å²) in [5, 5.41) is 0. The molecule has 0 unspecified atom stereocenters. The standard InChI is InChI=1S/2C5H11NO.2ClH/c2*1-7-5-3-2-4(5)6;;/h2*4-5H,2-3,6H2,1H3;2*1H/t2*4-,5+;;/m10../s1. The fourth-order valence-corrected chi connectivity index (χ4v) is 1.58.